The molecule has 136 valence electrons. The normalized spacial score (nSPS) is 15.0. The van der Waals surface area contributed by atoms with Crippen LogP contribution in [-0.2, 0) is 16.0 Å². The molecule has 2 aromatic carbocycles. The minimum absolute atomic E-state index is 0.100. The molecule has 1 aliphatic heterocycles. The first-order valence-corrected chi connectivity index (χ1v) is 9.13. The summed E-state index contributed by atoms with van der Waals surface area (Å²) in [6.45, 7) is 4.68. The molecule has 0 spiro atoms. The molecule has 0 bridgehead atoms. The van der Waals surface area contributed by atoms with Crippen LogP contribution in [0.15, 0.2) is 48.5 Å². The van der Waals surface area contributed by atoms with E-state index in [1.165, 1.54) is 5.56 Å². The van der Waals surface area contributed by atoms with E-state index in [1.807, 2.05) is 55.5 Å². The first-order valence-electron chi connectivity index (χ1n) is 9.13. The molecule has 0 aliphatic carbocycles. The maximum absolute atomic E-state index is 12.4. The van der Waals surface area contributed by atoms with Gasteiger partial charge in [0.1, 0.15) is 6.04 Å². The number of hydrogen-bond acceptors (Lipinski definition) is 3. The molecule has 2 N–H and O–H groups in total. The predicted molar refractivity (Wildman–Crippen MR) is 106 cm³/mol. The molecule has 1 saturated heterocycles. The smallest absolute Gasteiger partial charge is 0.246 e. The number of nitrogens with zero attached hydrogens (tertiary/aromatic N) is 1. The molecular formula is C21H25N3O2. The van der Waals surface area contributed by atoms with Crippen molar-refractivity contribution in [2.45, 2.75) is 39.2 Å². The molecule has 5 nitrogen and oxygen atoms in total. The van der Waals surface area contributed by atoms with Gasteiger partial charge in [-0.3, -0.25) is 9.59 Å². The van der Waals surface area contributed by atoms with Gasteiger partial charge in [-0.05, 0) is 55.7 Å². The lowest BCUT2D eigenvalue weighted by Gasteiger charge is -2.19. The van der Waals surface area contributed by atoms with E-state index in [0.717, 1.165) is 36.4 Å². The van der Waals surface area contributed by atoms with Crippen molar-refractivity contribution < 1.29 is 9.59 Å². The molecule has 0 aromatic heterocycles. The summed E-state index contributed by atoms with van der Waals surface area (Å²) in [7, 11) is 0. The highest BCUT2D eigenvalue weighted by molar-refractivity contribution is 5.97. The fourth-order valence-corrected chi connectivity index (χ4v) is 3.07. The molecule has 2 aromatic rings. The zero-order valence-corrected chi connectivity index (χ0v) is 15.3. The molecule has 2 amide bonds. The summed E-state index contributed by atoms with van der Waals surface area (Å²) in [4.78, 5) is 26.1. The second-order valence-corrected chi connectivity index (χ2v) is 6.61. The van der Waals surface area contributed by atoms with Crippen LogP contribution in [0.25, 0.3) is 0 Å². The van der Waals surface area contributed by atoms with E-state index < -0.39 is 6.04 Å². The number of benzene rings is 2. The zero-order valence-electron chi connectivity index (χ0n) is 15.3. The van der Waals surface area contributed by atoms with Gasteiger partial charge < -0.3 is 15.5 Å². The largest absolute Gasteiger partial charge is 0.374 e. The van der Waals surface area contributed by atoms with Gasteiger partial charge in [0.05, 0.1) is 0 Å². The number of hydrogen-bond donors (Lipinski definition) is 2. The van der Waals surface area contributed by atoms with E-state index >= 15 is 0 Å². The first kappa shape index (κ1) is 18.0. The Morgan fingerprint density at radius 2 is 1.92 bits per heavy atom. The Balaban J connectivity index is 1.62. The molecule has 1 heterocycles. The summed E-state index contributed by atoms with van der Waals surface area (Å²) in [5.74, 6) is 0.0559. The van der Waals surface area contributed by atoms with Crippen molar-refractivity contribution in [3.63, 3.8) is 0 Å². The van der Waals surface area contributed by atoms with Crippen LogP contribution in [0.4, 0.5) is 17.1 Å². The van der Waals surface area contributed by atoms with Crippen LogP contribution in [0, 0.1) is 0 Å². The second kappa shape index (κ2) is 8.04. The summed E-state index contributed by atoms with van der Waals surface area (Å²) in [6.07, 6.45) is 2.47. The number of carbonyl (C=O) groups excluding carboxylic acids is 2. The van der Waals surface area contributed by atoms with Crippen LogP contribution in [-0.4, -0.2) is 24.4 Å². The van der Waals surface area contributed by atoms with Crippen molar-refractivity contribution in [3.05, 3.63) is 54.1 Å². The highest BCUT2D eigenvalue weighted by Crippen LogP contribution is 2.24. The lowest BCUT2D eigenvalue weighted by atomic mass is 10.1. The Morgan fingerprint density at radius 3 is 2.58 bits per heavy atom. The molecule has 0 saturated carbocycles. The molecule has 26 heavy (non-hydrogen) atoms. The van der Waals surface area contributed by atoms with Gasteiger partial charge in [-0.2, -0.15) is 0 Å². The molecule has 3 rings (SSSR count). The Morgan fingerprint density at radius 1 is 1.15 bits per heavy atom. The molecule has 1 atom stereocenters. The maximum Gasteiger partial charge on any atom is 0.246 e. The van der Waals surface area contributed by atoms with Gasteiger partial charge in [0, 0.05) is 30.0 Å². The van der Waals surface area contributed by atoms with Crippen molar-refractivity contribution in [1.82, 2.24) is 0 Å². The number of aryl methyl sites for hydroxylation is 1. The average molecular weight is 351 g/mol. The van der Waals surface area contributed by atoms with Gasteiger partial charge in [0.25, 0.3) is 0 Å². The molecule has 0 radical (unpaired) electrons. The summed E-state index contributed by atoms with van der Waals surface area (Å²) in [5, 5.41) is 6.14. The quantitative estimate of drug-likeness (QED) is 0.832. The van der Waals surface area contributed by atoms with Gasteiger partial charge >= 0.3 is 0 Å². The summed E-state index contributed by atoms with van der Waals surface area (Å²) in [6, 6.07) is 15.1. The minimum Gasteiger partial charge on any atom is -0.374 e. The van der Waals surface area contributed by atoms with Crippen LogP contribution in [0.1, 0.15) is 32.3 Å². The van der Waals surface area contributed by atoms with Crippen molar-refractivity contribution in [2.75, 3.05) is 22.1 Å². The first-order chi connectivity index (χ1) is 12.6. The van der Waals surface area contributed by atoms with E-state index in [2.05, 4.69) is 17.6 Å². The van der Waals surface area contributed by atoms with Gasteiger partial charge in [-0.1, -0.05) is 25.1 Å². The van der Waals surface area contributed by atoms with E-state index in [-0.39, 0.29) is 11.8 Å². The number of anilines is 3. The van der Waals surface area contributed by atoms with Crippen molar-refractivity contribution >= 4 is 28.9 Å². The van der Waals surface area contributed by atoms with Crippen molar-refractivity contribution in [1.29, 1.82) is 0 Å². The SMILES string of the molecule is CCc1ccc(NC(=O)[C@H](C)Nc2cccc(N3CCCC3=O)c2)cc1. The second-order valence-electron chi connectivity index (χ2n) is 6.61. The molecular weight excluding hydrogens is 326 g/mol. The standard InChI is InChI=1S/C21H25N3O2/c1-3-16-9-11-17(12-10-16)23-21(26)15(2)22-18-6-4-7-19(14-18)24-13-5-8-20(24)25/h4,6-7,9-12,14-15,22H,3,5,8,13H2,1-2H3,(H,23,26)/t15-/m0/s1. The van der Waals surface area contributed by atoms with Gasteiger partial charge in [0.2, 0.25) is 11.8 Å². The maximum atomic E-state index is 12.4. The molecule has 0 unspecified atom stereocenters. The fourth-order valence-electron chi connectivity index (χ4n) is 3.07. The Hall–Kier alpha value is -2.82. The lowest BCUT2D eigenvalue weighted by molar-refractivity contribution is -0.117. The molecule has 5 heteroatoms. The van der Waals surface area contributed by atoms with Crippen LogP contribution >= 0.6 is 0 Å². The van der Waals surface area contributed by atoms with Crippen LogP contribution in [0.5, 0.6) is 0 Å². The van der Waals surface area contributed by atoms with E-state index in [0.29, 0.717) is 6.42 Å². The van der Waals surface area contributed by atoms with E-state index in [9.17, 15) is 9.59 Å². The third kappa shape index (κ3) is 4.23. The third-order valence-corrected chi connectivity index (χ3v) is 4.64. The predicted octanol–water partition coefficient (Wildman–Crippen LogP) is 3.81. The number of nitrogens with one attached hydrogen (secondary N) is 2. The zero-order chi connectivity index (χ0) is 18.5. The van der Waals surface area contributed by atoms with E-state index in [4.69, 9.17) is 0 Å². The Bertz CT molecular complexity index is 786. The minimum atomic E-state index is -0.398. The summed E-state index contributed by atoms with van der Waals surface area (Å²) >= 11 is 0. The number of rotatable bonds is 6. The lowest BCUT2D eigenvalue weighted by Crippen LogP contribution is -2.32. The summed E-state index contributed by atoms with van der Waals surface area (Å²) in [5.41, 5.74) is 3.73. The van der Waals surface area contributed by atoms with Crippen molar-refractivity contribution in [2.24, 2.45) is 0 Å². The Kier molecular flexibility index (Phi) is 5.56. The topological polar surface area (TPSA) is 61.4 Å². The van der Waals surface area contributed by atoms with Crippen LogP contribution < -0.4 is 15.5 Å². The summed E-state index contributed by atoms with van der Waals surface area (Å²) < 4.78 is 0. The average Bonchev–Trinajstić information content (AvgIpc) is 3.08. The van der Waals surface area contributed by atoms with Crippen molar-refractivity contribution in [3.8, 4) is 0 Å². The van der Waals surface area contributed by atoms with Crippen LogP contribution in [0.2, 0.25) is 0 Å². The number of carbonyl (C=O) groups is 2. The Labute approximate surface area is 154 Å². The third-order valence-electron chi connectivity index (χ3n) is 4.64. The fraction of sp³-hybridized carbons (Fsp3) is 0.333. The van der Waals surface area contributed by atoms with Gasteiger partial charge in [-0.15, -0.1) is 0 Å². The van der Waals surface area contributed by atoms with Gasteiger partial charge in [0.15, 0.2) is 0 Å². The highest BCUT2D eigenvalue weighted by atomic mass is 16.2. The van der Waals surface area contributed by atoms with Gasteiger partial charge in [-0.25, -0.2) is 0 Å². The van der Waals surface area contributed by atoms with Crippen LogP contribution in [0.3, 0.4) is 0 Å². The molecule has 1 aliphatic rings. The molecule has 1 fully saturated rings. The number of amides is 2. The van der Waals surface area contributed by atoms with E-state index in [1.54, 1.807) is 4.90 Å². The monoisotopic (exact) mass is 351 g/mol. The highest BCUT2D eigenvalue weighted by Gasteiger charge is 2.22.